The van der Waals surface area contributed by atoms with Gasteiger partial charge in [-0.3, -0.25) is 0 Å². The van der Waals surface area contributed by atoms with Crippen molar-refractivity contribution < 1.29 is 5.11 Å². The molecule has 1 aromatic rings. The summed E-state index contributed by atoms with van der Waals surface area (Å²) in [5.74, 6) is 6.18. The number of aryl methyl sites for hydroxylation is 1. The van der Waals surface area contributed by atoms with Gasteiger partial charge in [-0.2, -0.15) is 0 Å². The first kappa shape index (κ1) is 12.3. The lowest BCUT2D eigenvalue weighted by Crippen LogP contribution is -1.89. The summed E-state index contributed by atoms with van der Waals surface area (Å²) in [6, 6.07) is 8.23. The second-order valence-electron chi connectivity index (χ2n) is 3.26. The first-order valence-electron chi connectivity index (χ1n) is 5.11. The van der Waals surface area contributed by atoms with Gasteiger partial charge in [0.2, 0.25) is 0 Å². The summed E-state index contributed by atoms with van der Waals surface area (Å²) in [5, 5.41) is 9.62. The first-order valence-corrected chi connectivity index (χ1v) is 6.23. The van der Waals surface area contributed by atoms with Crippen molar-refractivity contribution in [1.82, 2.24) is 0 Å². The maximum atomic E-state index is 8.70. The van der Waals surface area contributed by atoms with Gasteiger partial charge in [-0.25, -0.2) is 0 Å². The molecule has 1 rings (SSSR count). The fourth-order valence-electron chi connectivity index (χ4n) is 1.25. The smallest absolute Gasteiger partial charge is 0.0434 e. The number of aliphatic hydroxyl groups is 1. The molecule has 0 heterocycles. The van der Waals surface area contributed by atoms with Crippen molar-refractivity contribution in [1.29, 1.82) is 0 Å². The lowest BCUT2D eigenvalue weighted by molar-refractivity contribution is 0.288. The minimum absolute atomic E-state index is 0.257. The Labute approximate surface area is 99.6 Å². The van der Waals surface area contributed by atoms with Gasteiger partial charge < -0.3 is 5.11 Å². The molecule has 0 radical (unpaired) electrons. The third kappa shape index (κ3) is 5.01. The standard InChI is InChI=1S/C13H15BrO/c14-10-2-1-4-12-6-8-13(9-7-12)5-3-11-15/h6-9,15H,2-3,5,10-11H2. The Hall–Kier alpha value is -0.780. The normalized spacial score (nSPS) is 9.47. The number of alkyl halides is 1. The fourth-order valence-corrected chi connectivity index (χ4v) is 1.45. The van der Waals surface area contributed by atoms with E-state index >= 15 is 0 Å². The molecule has 2 heteroatoms. The predicted molar refractivity (Wildman–Crippen MR) is 67.1 cm³/mol. The van der Waals surface area contributed by atoms with Gasteiger partial charge in [0, 0.05) is 23.9 Å². The number of aliphatic hydroxyl groups excluding tert-OH is 1. The Kier molecular flexibility index (Phi) is 6.15. The highest BCUT2D eigenvalue weighted by atomic mass is 79.9. The molecular weight excluding hydrogens is 252 g/mol. The monoisotopic (exact) mass is 266 g/mol. The molecule has 80 valence electrons. The molecule has 0 saturated carbocycles. The molecule has 1 aromatic carbocycles. The number of halogens is 1. The number of hydrogen-bond donors (Lipinski definition) is 1. The van der Waals surface area contributed by atoms with Gasteiger partial charge in [-0.1, -0.05) is 39.9 Å². The van der Waals surface area contributed by atoms with Crippen molar-refractivity contribution >= 4 is 15.9 Å². The third-order valence-electron chi connectivity index (χ3n) is 2.03. The molecule has 0 bridgehead atoms. The highest BCUT2D eigenvalue weighted by molar-refractivity contribution is 9.09. The lowest BCUT2D eigenvalue weighted by Gasteiger charge is -1.98. The molecule has 0 aliphatic heterocycles. The zero-order chi connectivity index (χ0) is 10.9. The van der Waals surface area contributed by atoms with Crippen LogP contribution in [0.1, 0.15) is 24.0 Å². The van der Waals surface area contributed by atoms with E-state index in [1.165, 1.54) is 5.56 Å². The van der Waals surface area contributed by atoms with Gasteiger partial charge in [0.1, 0.15) is 0 Å². The van der Waals surface area contributed by atoms with E-state index < -0.39 is 0 Å². The number of benzene rings is 1. The van der Waals surface area contributed by atoms with Crippen LogP contribution in [-0.4, -0.2) is 17.0 Å². The van der Waals surface area contributed by atoms with Gasteiger partial charge >= 0.3 is 0 Å². The van der Waals surface area contributed by atoms with Crippen molar-refractivity contribution in [2.75, 3.05) is 11.9 Å². The molecular formula is C13H15BrO. The van der Waals surface area contributed by atoms with E-state index in [1.807, 2.05) is 12.1 Å². The Balaban J connectivity index is 2.53. The van der Waals surface area contributed by atoms with E-state index in [-0.39, 0.29) is 6.61 Å². The van der Waals surface area contributed by atoms with Crippen LogP contribution in [0.2, 0.25) is 0 Å². The Morgan fingerprint density at radius 3 is 2.53 bits per heavy atom. The highest BCUT2D eigenvalue weighted by Gasteiger charge is 1.92. The average Bonchev–Trinajstić information content (AvgIpc) is 2.28. The van der Waals surface area contributed by atoms with Gasteiger partial charge in [-0.05, 0) is 30.5 Å². The predicted octanol–water partition coefficient (Wildman–Crippen LogP) is 2.75. The lowest BCUT2D eigenvalue weighted by atomic mass is 10.1. The molecule has 0 fully saturated rings. The molecule has 15 heavy (non-hydrogen) atoms. The van der Waals surface area contributed by atoms with Gasteiger partial charge in [-0.15, -0.1) is 0 Å². The Bertz CT molecular complexity index is 332. The average molecular weight is 267 g/mol. The molecule has 0 aliphatic carbocycles. The van der Waals surface area contributed by atoms with E-state index in [0.29, 0.717) is 0 Å². The van der Waals surface area contributed by atoms with Crippen LogP contribution >= 0.6 is 15.9 Å². The molecule has 0 aromatic heterocycles. The van der Waals surface area contributed by atoms with Crippen LogP contribution in [0.25, 0.3) is 0 Å². The highest BCUT2D eigenvalue weighted by Crippen LogP contribution is 2.05. The first-order chi connectivity index (χ1) is 7.36. The zero-order valence-electron chi connectivity index (χ0n) is 8.67. The quantitative estimate of drug-likeness (QED) is 0.657. The molecule has 0 aliphatic rings. The molecule has 1 N–H and O–H groups in total. The van der Waals surface area contributed by atoms with Gasteiger partial charge in [0.05, 0.1) is 0 Å². The number of hydrogen-bond acceptors (Lipinski definition) is 1. The van der Waals surface area contributed by atoms with Crippen molar-refractivity contribution in [3.8, 4) is 11.8 Å². The summed E-state index contributed by atoms with van der Waals surface area (Å²) in [4.78, 5) is 0. The van der Waals surface area contributed by atoms with Crippen LogP contribution in [0, 0.1) is 11.8 Å². The van der Waals surface area contributed by atoms with E-state index in [1.54, 1.807) is 0 Å². The van der Waals surface area contributed by atoms with E-state index in [2.05, 4.69) is 39.9 Å². The topological polar surface area (TPSA) is 20.2 Å². The third-order valence-corrected chi connectivity index (χ3v) is 2.43. The summed E-state index contributed by atoms with van der Waals surface area (Å²) in [7, 11) is 0. The van der Waals surface area contributed by atoms with Crippen molar-refractivity contribution in [2.24, 2.45) is 0 Å². The van der Waals surface area contributed by atoms with Crippen molar-refractivity contribution in [2.45, 2.75) is 19.3 Å². The summed E-state index contributed by atoms with van der Waals surface area (Å²) in [6.45, 7) is 0.257. The van der Waals surface area contributed by atoms with E-state index in [0.717, 1.165) is 30.2 Å². The van der Waals surface area contributed by atoms with Crippen LogP contribution in [0.5, 0.6) is 0 Å². The number of rotatable bonds is 4. The second-order valence-corrected chi connectivity index (χ2v) is 4.06. The van der Waals surface area contributed by atoms with Crippen LogP contribution in [0.4, 0.5) is 0 Å². The minimum Gasteiger partial charge on any atom is -0.396 e. The Morgan fingerprint density at radius 1 is 1.20 bits per heavy atom. The minimum atomic E-state index is 0.257. The van der Waals surface area contributed by atoms with Crippen molar-refractivity contribution in [3.05, 3.63) is 35.4 Å². The van der Waals surface area contributed by atoms with Crippen molar-refractivity contribution in [3.63, 3.8) is 0 Å². The van der Waals surface area contributed by atoms with Crippen LogP contribution in [0.3, 0.4) is 0 Å². The second kappa shape index (κ2) is 7.50. The largest absolute Gasteiger partial charge is 0.396 e. The van der Waals surface area contributed by atoms with Gasteiger partial charge in [0.25, 0.3) is 0 Å². The maximum absolute atomic E-state index is 8.70. The summed E-state index contributed by atoms with van der Waals surface area (Å²) >= 11 is 3.34. The Morgan fingerprint density at radius 2 is 1.93 bits per heavy atom. The molecule has 0 amide bonds. The molecule has 0 unspecified atom stereocenters. The summed E-state index contributed by atoms with van der Waals surface area (Å²) < 4.78 is 0. The van der Waals surface area contributed by atoms with Gasteiger partial charge in [0.15, 0.2) is 0 Å². The maximum Gasteiger partial charge on any atom is 0.0434 e. The fraction of sp³-hybridized carbons (Fsp3) is 0.385. The summed E-state index contributed by atoms with van der Waals surface area (Å²) in [5.41, 5.74) is 2.32. The SMILES string of the molecule is OCCCc1ccc(C#CCCBr)cc1. The molecule has 1 nitrogen and oxygen atoms in total. The zero-order valence-corrected chi connectivity index (χ0v) is 10.3. The van der Waals surface area contributed by atoms with Crippen LogP contribution in [0.15, 0.2) is 24.3 Å². The van der Waals surface area contributed by atoms with Crippen LogP contribution < -0.4 is 0 Å². The van der Waals surface area contributed by atoms with Crippen LogP contribution in [-0.2, 0) is 6.42 Å². The molecule has 0 saturated heterocycles. The summed E-state index contributed by atoms with van der Waals surface area (Å²) in [6.07, 6.45) is 2.65. The van der Waals surface area contributed by atoms with E-state index in [4.69, 9.17) is 5.11 Å². The van der Waals surface area contributed by atoms with E-state index in [9.17, 15) is 0 Å². The molecule has 0 atom stereocenters. The molecule has 0 spiro atoms.